The van der Waals surface area contributed by atoms with Crippen molar-refractivity contribution >= 4 is 11.9 Å². The molecule has 2 atom stereocenters. The smallest absolute Gasteiger partial charge is 0.550 e. The molecule has 31 heavy (non-hydrogen) atoms. The number of allylic oxidation sites excluding steroid dienone is 2. The second-order valence-electron chi connectivity index (χ2n) is 8.92. The van der Waals surface area contributed by atoms with Crippen LogP contribution in [0.5, 0.6) is 0 Å². The predicted molar refractivity (Wildman–Crippen MR) is 121 cm³/mol. The molecule has 0 heterocycles. The number of esters is 1. The zero-order valence-electron chi connectivity index (χ0n) is 20.4. The molecule has 5 heteroatoms. The molecule has 0 amide bonds. The Labute approximate surface area is 213 Å². The van der Waals surface area contributed by atoms with Crippen molar-refractivity contribution in [2.75, 3.05) is 6.61 Å². The summed E-state index contributed by atoms with van der Waals surface area (Å²) in [6, 6.07) is 0. The summed E-state index contributed by atoms with van der Waals surface area (Å²) < 4.78 is 5.35. The number of aliphatic carboxylic acids is 1. The number of hydrogen-bond acceptors (Lipinski definition) is 4. The van der Waals surface area contributed by atoms with Gasteiger partial charge in [0, 0.05) is 11.9 Å². The maximum Gasteiger partial charge on any atom is 1.00 e. The van der Waals surface area contributed by atoms with Crippen molar-refractivity contribution in [1.29, 1.82) is 0 Å². The molecule has 1 saturated carbocycles. The Morgan fingerprint density at radius 1 is 0.774 bits per heavy atom. The van der Waals surface area contributed by atoms with E-state index in [1.54, 1.807) is 0 Å². The molecule has 0 N–H and O–H groups in total. The number of unbranched alkanes of at least 4 members (excludes halogenated alkanes) is 12. The summed E-state index contributed by atoms with van der Waals surface area (Å²) in [5, 5.41) is 11.2. The molecule has 0 bridgehead atoms. The van der Waals surface area contributed by atoms with Crippen molar-refractivity contribution in [1.82, 2.24) is 0 Å². The molecule has 0 spiro atoms. The Balaban J connectivity index is 0.00000900. The molecule has 1 aliphatic rings. The van der Waals surface area contributed by atoms with Crippen LogP contribution in [0, 0.1) is 11.8 Å². The van der Waals surface area contributed by atoms with Gasteiger partial charge in [0.2, 0.25) is 0 Å². The van der Waals surface area contributed by atoms with Gasteiger partial charge in [-0.05, 0) is 38.5 Å². The molecule has 1 fully saturated rings. The Hall–Kier alpha value is -0.320. The molecule has 1 aliphatic carbocycles. The SMILES string of the molecule is CCC/C=C/CCCCCCCCCCCCCOC(=O)C1CCCCC1C(=O)[O-].[Na+]. The van der Waals surface area contributed by atoms with Crippen LogP contribution in [0.25, 0.3) is 0 Å². The van der Waals surface area contributed by atoms with Crippen LogP contribution in [0.3, 0.4) is 0 Å². The fourth-order valence-corrected chi connectivity index (χ4v) is 4.33. The standard InChI is InChI=1S/C26H46O4.Na/c1-2-3-4-5-6-7-8-9-10-11-12-13-14-15-16-19-22-30-26(29)24-21-18-17-20-23(24)25(27)28;/h4-5,23-24H,2-3,6-22H2,1H3,(H,27,28);/q;+1/p-1/b5-4+;. The molecule has 1 rings (SSSR count). The predicted octanol–water partition coefficient (Wildman–Crippen LogP) is 3.13. The zero-order valence-corrected chi connectivity index (χ0v) is 22.4. The molecular formula is C26H45NaO4. The van der Waals surface area contributed by atoms with Crippen LogP contribution in [-0.2, 0) is 14.3 Å². The van der Waals surface area contributed by atoms with Crippen molar-refractivity contribution in [3.05, 3.63) is 12.2 Å². The number of ether oxygens (including phenoxy) is 1. The van der Waals surface area contributed by atoms with Gasteiger partial charge >= 0.3 is 35.5 Å². The molecule has 0 aromatic carbocycles. The van der Waals surface area contributed by atoms with Gasteiger partial charge in [-0.2, -0.15) is 0 Å². The van der Waals surface area contributed by atoms with Gasteiger partial charge in [-0.15, -0.1) is 0 Å². The average Bonchev–Trinajstić information content (AvgIpc) is 2.75. The molecule has 0 radical (unpaired) electrons. The molecule has 0 saturated heterocycles. The van der Waals surface area contributed by atoms with E-state index < -0.39 is 17.8 Å². The van der Waals surface area contributed by atoms with Crippen LogP contribution < -0.4 is 34.7 Å². The van der Waals surface area contributed by atoms with Crippen LogP contribution >= 0.6 is 0 Å². The van der Waals surface area contributed by atoms with Gasteiger partial charge in [-0.25, -0.2) is 0 Å². The first-order valence-corrected chi connectivity index (χ1v) is 12.7. The molecular weight excluding hydrogens is 399 g/mol. The van der Waals surface area contributed by atoms with Crippen molar-refractivity contribution in [3.63, 3.8) is 0 Å². The van der Waals surface area contributed by atoms with Gasteiger partial charge in [-0.1, -0.05) is 96.1 Å². The Morgan fingerprint density at radius 3 is 1.81 bits per heavy atom. The first-order chi connectivity index (χ1) is 14.7. The molecule has 4 nitrogen and oxygen atoms in total. The normalized spacial score (nSPS) is 18.6. The third kappa shape index (κ3) is 16.0. The quantitative estimate of drug-likeness (QED) is 0.141. The van der Waals surface area contributed by atoms with E-state index in [2.05, 4.69) is 19.1 Å². The Kier molecular flexibility index (Phi) is 21.3. The minimum Gasteiger partial charge on any atom is -0.550 e. The van der Waals surface area contributed by atoms with E-state index in [9.17, 15) is 14.7 Å². The molecule has 0 aliphatic heterocycles. The first-order valence-electron chi connectivity index (χ1n) is 12.7. The maximum absolute atomic E-state index is 12.2. The van der Waals surface area contributed by atoms with E-state index >= 15 is 0 Å². The van der Waals surface area contributed by atoms with Crippen molar-refractivity contribution in [3.8, 4) is 0 Å². The number of carbonyl (C=O) groups excluding carboxylic acids is 2. The topological polar surface area (TPSA) is 66.4 Å². The van der Waals surface area contributed by atoms with Gasteiger partial charge < -0.3 is 14.6 Å². The fourth-order valence-electron chi connectivity index (χ4n) is 4.33. The van der Waals surface area contributed by atoms with Gasteiger partial charge in [0.25, 0.3) is 0 Å². The summed E-state index contributed by atoms with van der Waals surface area (Å²) in [7, 11) is 0. The number of rotatable bonds is 18. The van der Waals surface area contributed by atoms with Gasteiger partial charge in [-0.3, -0.25) is 4.79 Å². The van der Waals surface area contributed by atoms with Gasteiger partial charge in [0.1, 0.15) is 0 Å². The zero-order chi connectivity index (χ0) is 21.9. The Morgan fingerprint density at radius 2 is 1.26 bits per heavy atom. The first kappa shape index (κ1) is 30.7. The van der Waals surface area contributed by atoms with Crippen LogP contribution in [0.2, 0.25) is 0 Å². The fraction of sp³-hybridized carbons (Fsp3) is 0.846. The van der Waals surface area contributed by atoms with E-state index in [0.717, 1.165) is 25.7 Å². The molecule has 174 valence electrons. The summed E-state index contributed by atoms with van der Waals surface area (Å²) in [4.78, 5) is 23.3. The van der Waals surface area contributed by atoms with Crippen LogP contribution in [0.1, 0.15) is 122 Å². The van der Waals surface area contributed by atoms with Crippen LogP contribution in [-0.4, -0.2) is 18.5 Å². The number of carbonyl (C=O) groups is 2. The van der Waals surface area contributed by atoms with Gasteiger partial charge in [0.15, 0.2) is 0 Å². The maximum atomic E-state index is 12.2. The second-order valence-corrected chi connectivity index (χ2v) is 8.92. The molecule has 2 unspecified atom stereocenters. The minimum absolute atomic E-state index is 0. The summed E-state index contributed by atoms with van der Waals surface area (Å²) >= 11 is 0. The van der Waals surface area contributed by atoms with Crippen molar-refractivity contribution in [2.45, 2.75) is 122 Å². The number of hydrogen-bond donors (Lipinski definition) is 0. The van der Waals surface area contributed by atoms with Crippen molar-refractivity contribution < 1.29 is 49.0 Å². The van der Waals surface area contributed by atoms with Crippen LogP contribution in [0.4, 0.5) is 0 Å². The summed E-state index contributed by atoms with van der Waals surface area (Å²) in [6.45, 7) is 2.64. The third-order valence-corrected chi connectivity index (χ3v) is 6.25. The second kappa shape index (κ2) is 21.5. The summed E-state index contributed by atoms with van der Waals surface area (Å²) in [5.74, 6) is -2.59. The molecule has 0 aromatic rings. The van der Waals surface area contributed by atoms with Crippen LogP contribution in [0.15, 0.2) is 12.2 Å². The number of carboxylic acid groups (broad SMARTS) is 1. The summed E-state index contributed by atoms with van der Waals surface area (Å²) in [6.07, 6.45) is 25.1. The minimum atomic E-state index is -1.10. The monoisotopic (exact) mass is 444 g/mol. The number of carboxylic acids is 1. The van der Waals surface area contributed by atoms with E-state index in [1.165, 1.54) is 77.0 Å². The summed E-state index contributed by atoms with van der Waals surface area (Å²) in [5.41, 5.74) is 0. The van der Waals surface area contributed by atoms with Gasteiger partial charge in [0.05, 0.1) is 12.5 Å². The molecule has 0 aromatic heterocycles. The largest absolute Gasteiger partial charge is 1.00 e. The Bertz CT molecular complexity index is 478. The van der Waals surface area contributed by atoms with E-state index in [-0.39, 0.29) is 35.5 Å². The van der Waals surface area contributed by atoms with E-state index in [4.69, 9.17) is 4.74 Å². The average molecular weight is 445 g/mol. The van der Waals surface area contributed by atoms with Crippen molar-refractivity contribution in [2.24, 2.45) is 11.8 Å². The van der Waals surface area contributed by atoms with E-state index in [1.807, 2.05) is 0 Å². The van der Waals surface area contributed by atoms with E-state index in [0.29, 0.717) is 19.4 Å². The third-order valence-electron chi connectivity index (χ3n) is 6.25.